The van der Waals surface area contributed by atoms with Gasteiger partial charge in [-0.1, -0.05) is 30.3 Å². The summed E-state index contributed by atoms with van der Waals surface area (Å²) in [7, 11) is 0. The van der Waals surface area contributed by atoms with Gasteiger partial charge in [0, 0.05) is 18.7 Å². The van der Waals surface area contributed by atoms with Crippen molar-refractivity contribution in [2.75, 3.05) is 6.54 Å². The summed E-state index contributed by atoms with van der Waals surface area (Å²) < 4.78 is 5.30. The molecule has 0 aliphatic carbocycles. The number of aromatic nitrogens is 4. The van der Waals surface area contributed by atoms with Crippen LogP contribution in [0.3, 0.4) is 0 Å². The monoisotopic (exact) mass is 343 g/mol. The molecule has 3 aromatic heterocycles. The van der Waals surface area contributed by atoms with Crippen molar-refractivity contribution in [3.05, 3.63) is 35.1 Å². The Morgan fingerprint density at radius 3 is 3.04 bits per heavy atom. The Kier molecular flexibility index (Phi) is 3.76. The van der Waals surface area contributed by atoms with Crippen LogP contribution in [0.25, 0.3) is 10.3 Å². The lowest BCUT2D eigenvalue weighted by atomic mass is 10.2. The van der Waals surface area contributed by atoms with Gasteiger partial charge in [-0.25, -0.2) is 9.97 Å². The predicted octanol–water partition coefficient (Wildman–Crippen LogP) is 3.18. The highest BCUT2D eigenvalue weighted by atomic mass is 32.1. The number of amides is 1. The van der Waals surface area contributed by atoms with Gasteiger partial charge >= 0.3 is 0 Å². The second kappa shape index (κ2) is 5.94. The van der Waals surface area contributed by atoms with E-state index >= 15 is 0 Å². The number of hydrogen-bond donors (Lipinski definition) is 0. The normalized spacial score (nSPS) is 18.0. The number of thiazole rings is 1. The van der Waals surface area contributed by atoms with Gasteiger partial charge in [-0.2, -0.15) is 4.98 Å². The minimum absolute atomic E-state index is 0.0867. The van der Waals surface area contributed by atoms with E-state index in [1.807, 2.05) is 26.0 Å². The van der Waals surface area contributed by atoms with E-state index in [2.05, 4.69) is 20.1 Å². The number of carbonyl (C=O) groups excluding carboxylic acids is 1. The van der Waals surface area contributed by atoms with Gasteiger partial charge in [0.05, 0.1) is 6.04 Å². The van der Waals surface area contributed by atoms with Crippen LogP contribution in [0.5, 0.6) is 0 Å². The maximum atomic E-state index is 12.9. The first-order valence-corrected chi connectivity index (χ1v) is 8.81. The Morgan fingerprint density at radius 1 is 1.42 bits per heavy atom. The maximum Gasteiger partial charge on any atom is 0.283 e. The van der Waals surface area contributed by atoms with Gasteiger partial charge in [-0.05, 0) is 25.0 Å². The molecule has 0 radical (unpaired) electrons. The predicted molar refractivity (Wildman–Crippen MR) is 88.8 cm³/mol. The third-order valence-corrected chi connectivity index (χ3v) is 5.08. The number of likely N-dealkylation sites (tertiary alicyclic amines) is 1. The molecule has 7 nitrogen and oxygen atoms in total. The van der Waals surface area contributed by atoms with Crippen LogP contribution in [0.2, 0.25) is 0 Å². The highest BCUT2D eigenvalue weighted by Crippen LogP contribution is 2.33. The summed E-state index contributed by atoms with van der Waals surface area (Å²) in [5.41, 5.74) is 0.753. The zero-order valence-corrected chi connectivity index (χ0v) is 14.3. The summed E-state index contributed by atoms with van der Waals surface area (Å²) in [6.07, 6.45) is 3.47. The second-order valence-electron chi connectivity index (χ2n) is 6.15. The molecule has 0 saturated carbocycles. The molecule has 4 rings (SSSR count). The molecule has 124 valence electrons. The average molecular weight is 343 g/mol. The molecule has 0 N–H and O–H groups in total. The third kappa shape index (κ3) is 2.56. The maximum absolute atomic E-state index is 12.9. The van der Waals surface area contributed by atoms with Crippen LogP contribution in [-0.4, -0.2) is 37.5 Å². The first kappa shape index (κ1) is 15.2. The van der Waals surface area contributed by atoms with Gasteiger partial charge in [0.15, 0.2) is 10.8 Å². The molecule has 0 aromatic carbocycles. The van der Waals surface area contributed by atoms with E-state index in [-0.39, 0.29) is 17.9 Å². The Bertz CT molecular complexity index is 854. The van der Waals surface area contributed by atoms with E-state index in [0.717, 1.165) is 23.2 Å². The van der Waals surface area contributed by atoms with E-state index in [4.69, 9.17) is 4.52 Å². The van der Waals surface area contributed by atoms with Crippen LogP contribution in [-0.2, 0) is 0 Å². The van der Waals surface area contributed by atoms with Crippen LogP contribution in [0.1, 0.15) is 60.2 Å². The fourth-order valence-electron chi connectivity index (χ4n) is 2.88. The fourth-order valence-corrected chi connectivity index (χ4v) is 3.74. The molecule has 24 heavy (non-hydrogen) atoms. The van der Waals surface area contributed by atoms with Gasteiger partial charge in [0.1, 0.15) is 10.3 Å². The zero-order valence-electron chi connectivity index (χ0n) is 13.5. The third-order valence-electron chi connectivity index (χ3n) is 4.11. The van der Waals surface area contributed by atoms with Crippen molar-refractivity contribution < 1.29 is 9.32 Å². The summed E-state index contributed by atoms with van der Waals surface area (Å²) in [4.78, 5) is 28.6. The zero-order chi connectivity index (χ0) is 16.7. The van der Waals surface area contributed by atoms with Crippen molar-refractivity contribution in [2.24, 2.45) is 0 Å². The standard InChI is InChI=1S/C16H17N5O2S/c1-9(2)13-19-12(20-23-13)11-6-4-8-21(11)16(22)15-18-10-5-3-7-17-14(10)24-15/h3,5,7,9,11H,4,6,8H2,1-2H3. The topological polar surface area (TPSA) is 85.0 Å². The Morgan fingerprint density at radius 2 is 2.29 bits per heavy atom. The fraction of sp³-hybridized carbons (Fsp3) is 0.438. The van der Waals surface area contributed by atoms with Crippen molar-refractivity contribution in [3.63, 3.8) is 0 Å². The van der Waals surface area contributed by atoms with Crippen molar-refractivity contribution in [1.82, 2.24) is 25.0 Å². The highest BCUT2D eigenvalue weighted by Gasteiger charge is 2.35. The lowest BCUT2D eigenvalue weighted by Crippen LogP contribution is -2.31. The lowest BCUT2D eigenvalue weighted by molar-refractivity contribution is 0.0728. The molecule has 8 heteroatoms. The molecule has 4 heterocycles. The summed E-state index contributed by atoms with van der Waals surface area (Å²) in [5.74, 6) is 1.28. The molecular weight excluding hydrogens is 326 g/mol. The van der Waals surface area contributed by atoms with Gasteiger partial charge in [-0.3, -0.25) is 4.79 Å². The molecule has 3 aromatic rings. The summed E-state index contributed by atoms with van der Waals surface area (Å²) in [6.45, 7) is 4.68. The van der Waals surface area contributed by atoms with E-state index in [1.165, 1.54) is 11.3 Å². The Hall–Kier alpha value is -2.35. The molecule has 0 spiro atoms. The van der Waals surface area contributed by atoms with E-state index in [9.17, 15) is 4.79 Å². The van der Waals surface area contributed by atoms with Gasteiger partial charge < -0.3 is 9.42 Å². The van der Waals surface area contributed by atoms with Crippen molar-refractivity contribution >= 4 is 27.6 Å². The van der Waals surface area contributed by atoms with E-state index in [1.54, 1.807) is 11.1 Å². The molecule has 0 bridgehead atoms. The summed E-state index contributed by atoms with van der Waals surface area (Å²) in [6, 6.07) is 3.54. The number of hydrogen-bond acceptors (Lipinski definition) is 7. The first-order chi connectivity index (χ1) is 11.6. The molecule has 1 aliphatic heterocycles. The summed E-state index contributed by atoms with van der Waals surface area (Å²) >= 11 is 1.32. The molecule has 1 fully saturated rings. The van der Waals surface area contributed by atoms with E-state index < -0.39 is 0 Å². The number of fused-ring (bicyclic) bond motifs is 1. The van der Waals surface area contributed by atoms with Crippen LogP contribution in [0.4, 0.5) is 0 Å². The van der Waals surface area contributed by atoms with Crippen LogP contribution < -0.4 is 0 Å². The minimum atomic E-state index is -0.145. The van der Waals surface area contributed by atoms with Gasteiger partial charge in [-0.15, -0.1) is 0 Å². The second-order valence-corrected chi connectivity index (χ2v) is 7.13. The van der Waals surface area contributed by atoms with Crippen LogP contribution in [0.15, 0.2) is 22.9 Å². The Balaban J connectivity index is 1.62. The first-order valence-electron chi connectivity index (χ1n) is 7.99. The largest absolute Gasteiger partial charge is 0.339 e. The summed E-state index contributed by atoms with van der Waals surface area (Å²) in [5, 5.41) is 4.54. The molecule has 1 amide bonds. The smallest absolute Gasteiger partial charge is 0.283 e. The van der Waals surface area contributed by atoms with Crippen molar-refractivity contribution in [1.29, 1.82) is 0 Å². The molecule has 1 saturated heterocycles. The number of carbonyl (C=O) groups is 1. The van der Waals surface area contributed by atoms with Crippen molar-refractivity contribution in [2.45, 2.75) is 38.6 Å². The van der Waals surface area contributed by atoms with E-state index in [0.29, 0.717) is 23.3 Å². The van der Waals surface area contributed by atoms with Crippen LogP contribution >= 0.6 is 11.3 Å². The van der Waals surface area contributed by atoms with Crippen LogP contribution in [0, 0.1) is 0 Å². The number of rotatable bonds is 3. The number of pyridine rings is 1. The highest BCUT2D eigenvalue weighted by molar-refractivity contribution is 7.19. The molecule has 1 aliphatic rings. The minimum Gasteiger partial charge on any atom is -0.339 e. The Labute approximate surface area is 142 Å². The quantitative estimate of drug-likeness (QED) is 0.726. The average Bonchev–Trinajstić information content (AvgIpc) is 3.30. The van der Waals surface area contributed by atoms with Gasteiger partial charge in [0.2, 0.25) is 5.89 Å². The number of nitrogens with zero attached hydrogens (tertiary/aromatic N) is 5. The van der Waals surface area contributed by atoms with Crippen molar-refractivity contribution in [3.8, 4) is 0 Å². The molecular formula is C16H17N5O2S. The molecule has 1 unspecified atom stereocenters. The SMILES string of the molecule is CC(C)c1nc(C2CCCN2C(=O)c2nc3cccnc3s2)no1. The lowest BCUT2D eigenvalue weighted by Gasteiger charge is -2.20. The molecule has 1 atom stereocenters. The van der Waals surface area contributed by atoms with Gasteiger partial charge in [0.25, 0.3) is 5.91 Å².